The van der Waals surface area contributed by atoms with Gasteiger partial charge in [-0.2, -0.15) is 0 Å². The maximum atomic E-state index is 11.8. The molecule has 4 nitrogen and oxygen atoms in total. The van der Waals surface area contributed by atoms with Crippen LogP contribution in [0.25, 0.3) is 0 Å². The van der Waals surface area contributed by atoms with Gasteiger partial charge in [0.1, 0.15) is 6.10 Å². The zero-order valence-electron chi connectivity index (χ0n) is 11.3. The quantitative estimate of drug-likeness (QED) is 0.527. The fourth-order valence-electron chi connectivity index (χ4n) is 3.53. The van der Waals surface area contributed by atoms with E-state index >= 15 is 0 Å². The minimum absolute atomic E-state index is 0. The van der Waals surface area contributed by atoms with E-state index in [1.165, 1.54) is 19.1 Å². The van der Waals surface area contributed by atoms with Gasteiger partial charge >= 0.3 is 5.97 Å². The summed E-state index contributed by atoms with van der Waals surface area (Å²) < 4.78 is 11.7. The summed E-state index contributed by atoms with van der Waals surface area (Å²) in [5, 5.41) is 0. The van der Waals surface area contributed by atoms with Crippen molar-refractivity contribution in [3.05, 3.63) is 24.2 Å². The van der Waals surface area contributed by atoms with Crippen molar-refractivity contribution < 1.29 is 35.4 Å². The van der Waals surface area contributed by atoms with E-state index in [1.54, 1.807) is 12.1 Å². The van der Waals surface area contributed by atoms with E-state index in [1.807, 2.05) is 0 Å². The first-order valence-corrected chi connectivity index (χ1v) is 6.65. The lowest BCUT2D eigenvalue weighted by atomic mass is 9.98. The predicted octanol–water partition coefficient (Wildman–Crippen LogP) is -0.790. The third-order valence-electron chi connectivity index (χ3n) is 4.78. The molecule has 106 valence electrons. The molecule has 3 rings (SSSR count). The number of furan rings is 1. The van der Waals surface area contributed by atoms with Gasteiger partial charge in [0, 0.05) is 25.7 Å². The molecule has 0 aromatic carbocycles. The number of carbonyl (C=O) groups is 1. The molecular formula is C14H20BrNO3. The van der Waals surface area contributed by atoms with Crippen molar-refractivity contribution in [3.63, 3.8) is 0 Å². The van der Waals surface area contributed by atoms with Crippen LogP contribution in [0.5, 0.6) is 0 Å². The molecule has 0 N–H and O–H groups in total. The first kappa shape index (κ1) is 14.6. The number of nitrogens with zero attached hydrogens (tertiary/aromatic N) is 1. The number of fused-ring (bicyclic) bond motifs is 2. The summed E-state index contributed by atoms with van der Waals surface area (Å²) in [6.07, 6.45) is 6.04. The molecule has 0 radical (unpaired) electrons. The molecule has 2 unspecified atom stereocenters. The predicted molar refractivity (Wildman–Crippen MR) is 66.1 cm³/mol. The zero-order valence-corrected chi connectivity index (χ0v) is 12.9. The lowest BCUT2D eigenvalue weighted by Gasteiger charge is -2.43. The van der Waals surface area contributed by atoms with Gasteiger partial charge in [0.25, 0.3) is 0 Å². The van der Waals surface area contributed by atoms with E-state index in [9.17, 15) is 4.79 Å². The second-order valence-electron chi connectivity index (χ2n) is 5.99. The minimum Gasteiger partial charge on any atom is -1.00 e. The standard InChI is InChI=1S/C14H20NO3.BrH/c1-15(2)10-5-6-11(15)9-12(8-10)18-14(16)13-4-3-7-17-13;/h3-4,7,10-12H,5-6,8-9H2,1-2H3;1H/q+1;/p-1. The molecule has 3 heterocycles. The van der Waals surface area contributed by atoms with Gasteiger partial charge < -0.3 is 30.6 Å². The third kappa shape index (κ3) is 2.58. The number of carbonyl (C=O) groups excluding carboxylic acids is 1. The summed E-state index contributed by atoms with van der Waals surface area (Å²) in [7, 11) is 4.60. The molecule has 1 aromatic rings. The Balaban J connectivity index is 0.00000133. The topological polar surface area (TPSA) is 39.4 Å². The first-order valence-electron chi connectivity index (χ1n) is 6.65. The summed E-state index contributed by atoms with van der Waals surface area (Å²) in [6.45, 7) is 0. The highest BCUT2D eigenvalue weighted by Gasteiger charge is 2.49. The highest BCUT2D eigenvalue weighted by atomic mass is 79.9. The van der Waals surface area contributed by atoms with E-state index in [0.717, 1.165) is 17.3 Å². The van der Waals surface area contributed by atoms with E-state index < -0.39 is 0 Å². The molecule has 2 atom stereocenters. The first-order chi connectivity index (χ1) is 8.57. The Kier molecular flexibility index (Phi) is 4.06. The molecule has 2 aliphatic rings. The van der Waals surface area contributed by atoms with E-state index in [2.05, 4.69) is 14.1 Å². The average molecular weight is 330 g/mol. The number of hydrogen-bond donors (Lipinski definition) is 0. The van der Waals surface area contributed by atoms with Crippen LogP contribution in [0, 0.1) is 0 Å². The van der Waals surface area contributed by atoms with E-state index in [0.29, 0.717) is 17.8 Å². The summed E-state index contributed by atoms with van der Waals surface area (Å²) in [6, 6.07) is 4.64. The molecule has 2 saturated heterocycles. The molecular weight excluding hydrogens is 310 g/mol. The average Bonchev–Trinajstić information content (AvgIpc) is 2.85. The second-order valence-corrected chi connectivity index (χ2v) is 5.99. The van der Waals surface area contributed by atoms with E-state index in [-0.39, 0.29) is 29.1 Å². The van der Waals surface area contributed by atoms with Crippen LogP contribution in [0.4, 0.5) is 0 Å². The van der Waals surface area contributed by atoms with Crippen molar-refractivity contribution in [1.29, 1.82) is 0 Å². The van der Waals surface area contributed by atoms with E-state index in [4.69, 9.17) is 9.15 Å². The maximum Gasteiger partial charge on any atom is 0.374 e. The van der Waals surface area contributed by atoms with Crippen LogP contribution in [0.15, 0.2) is 22.8 Å². The molecule has 19 heavy (non-hydrogen) atoms. The maximum absolute atomic E-state index is 11.8. The molecule has 5 heteroatoms. The van der Waals surface area contributed by atoms with Gasteiger partial charge in [-0.3, -0.25) is 0 Å². The van der Waals surface area contributed by atoms with Crippen LogP contribution < -0.4 is 17.0 Å². The fourth-order valence-corrected chi connectivity index (χ4v) is 3.53. The van der Waals surface area contributed by atoms with Crippen LogP contribution in [-0.4, -0.2) is 42.7 Å². The zero-order chi connectivity index (χ0) is 12.8. The molecule has 2 bridgehead atoms. The van der Waals surface area contributed by atoms with Crippen molar-refractivity contribution in [2.75, 3.05) is 14.1 Å². The number of halogens is 1. The Labute approximate surface area is 124 Å². The third-order valence-corrected chi connectivity index (χ3v) is 4.78. The van der Waals surface area contributed by atoms with Crippen molar-refractivity contribution in [1.82, 2.24) is 0 Å². The van der Waals surface area contributed by atoms with Gasteiger partial charge in [-0.15, -0.1) is 0 Å². The largest absolute Gasteiger partial charge is 1.00 e. The number of quaternary nitrogens is 1. The van der Waals surface area contributed by atoms with Crippen molar-refractivity contribution >= 4 is 5.97 Å². The summed E-state index contributed by atoms with van der Waals surface area (Å²) in [4.78, 5) is 11.8. The van der Waals surface area contributed by atoms with Gasteiger partial charge in [0.15, 0.2) is 0 Å². The molecule has 0 spiro atoms. The number of hydrogen-bond acceptors (Lipinski definition) is 3. The minimum atomic E-state index is -0.323. The monoisotopic (exact) mass is 329 g/mol. The van der Waals surface area contributed by atoms with Gasteiger partial charge in [0.2, 0.25) is 5.76 Å². The van der Waals surface area contributed by atoms with Gasteiger partial charge in [-0.1, -0.05) is 0 Å². The van der Waals surface area contributed by atoms with Crippen LogP contribution in [0.2, 0.25) is 0 Å². The van der Waals surface area contributed by atoms with Crippen LogP contribution in [-0.2, 0) is 4.74 Å². The molecule has 2 aliphatic heterocycles. The lowest BCUT2D eigenvalue weighted by molar-refractivity contribution is -0.931. The number of esters is 1. The van der Waals surface area contributed by atoms with Gasteiger partial charge in [0.05, 0.1) is 32.4 Å². The highest BCUT2D eigenvalue weighted by molar-refractivity contribution is 5.86. The number of rotatable bonds is 2. The molecule has 2 fully saturated rings. The second kappa shape index (κ2) is 5.29. The summed E-state index contributed by atoms with van der Waals surface area (Å²) in [5.41, 5.74) is 0. The number of piperidine rings is 1. The Hall–Kier alpha value is -0.810. The van der Waals surface area contributed by atoms with Gasteiger partial charge in [-0.05, 0) is 12.1 Å². The lowest BCUT2D eigenvalue weighted by Crippen LogP contribution is -3.00. The highest BCUT2D eigenvalue weighted by Crippen LogP contribution is 2.40. The molecule has 1 aromatic heterocycles. The molecule has 0 amide bonds. The molecule has 0 saturated carbocycles. The van der Waals surface area contributed by atoms with Crippen molar-refractivity contribution in [2.24, 2.45) is 0 Å². The Bertz CT molecular complexity index is 428. The fraction of sp³-hybridized carbons (Fsp3) is 0.643. The number of ether oxygens (including phenoxy) is 1. The van der Waals surface area contributed by atoms with Crippen molar-refractivity contribution in [3.8, 4) is 0 Å². The normalized spacial score (nSPS) is 31.6. The summed E-state index contributed by atoms with van der Waals surface area (Å²) in [5.74, 6) is -0.0155. The SMILES string of the molecule is C[N+]1(C)C2CCC1CC(OC(=O)c1ccco1)C2.[Br-]. The van der Waals surface area contributed by atoms with Crippen molar-refractivity contribution in [2.45, 2.75) is 43.9 Å². The van der Waals surface area contributed by atoms with Crippen LogP contribution in [0.3, 0.4) is 0 Å². The molecule has 0 aliphatic carbocycles. The Morgan fingerprint density at radius 2 is 1.95 bits per heavy atom. The van der Waals surface area contributed by atoms with Gasteiger partial charge in [-0.25, -0.2) is 4.79 Å². The van der Waals surface area contributed by atoms with Crippen LogP contribution >= 0.6 is 0 Å². The Morgan fingerprint density at radius 1 is 1.32 bits per heavy atom. The summed E-state index contributed by atoms with van der Waals surface area (Å²) >= 11 is 0. The smallest absolute Gasteiger partial charge is 0.374 e. The Morgan fingerprint density at radius 3 is 2.47 bits per heavy atom. The van der Waals surface area contributed by atoms with Crippen LogP contribution in [0.1, 0.15) is 36.2 Å².